The molecule has 1 fully saturated rings. The summed E-state index contributed by atoms with van der Waals surface area (Å²) in [4.78, 5) is 31.6. The van der Waals surface area contributed by atoms with Crippen molar-refractivity contribution in [3.63, 3.8) is 0 Å². The normalized spacial score (nSPS) is 13.5. The standard InChI is InChI=1S/C27H34N4O2/c32-26(17-16-22-11-3-1-4-12-22)28-18-8-2-5-15-25-29-23-13-6-7-14-24(23)31(25)21-27(33)30-19-9-10-20-30/h1,3-4,6-7,11-14H,2,5,8-10,15-21H2,(H,28,32). The highest BCUT2D eigenvalue weighted by molar-refractivity contribution is 5.81. The SMILES string of the molecule is O=C(CCc1ccccc1)NCCCCCc1nc2ccccc2n1CC(=O)N1CCCC1. The Morgan fingerprint density at radius 3 is 2.45 bits per heavy atom. The average Bonchev–Trinajstić information content (AvgIpc) is 3.50. The van der Waals surface area contributed by atoms with Crippen LogP contribution in [-0.4, -0.2) is 45.9 Å². The monoisotopic (exact) mass is 446 g/mol. The van der Waals surface area contributed by atoms with Gasteiger partial charge in [0.05, 0.1) is 11.0 Å². The average molecular weight is 447 g/mol. The van der Waals surface area contributed by atoms with Crippen LogP contribution in [-0.2, 0) is 29.0 Å². The maximum absolute atomic E-state index is 12.8. The molecule has 2 heterocycles. The van der Waals surface area contributed by atoms with Crippen LogP contribution in [0.15, 0.2) is 54.6 Å². The number of nitrogens with one attached hydrogen (secondary N) is 1. The summed E-state index contributed by atoms with van der Waals surface area (Å²) in [6, 6.07) is 18.2. The van der Waals surface area contributed by atoms with Crippen molar-refractivity contribution in [2.24, 2.45) is 0 Å². The third kappa shape index (κ3) is 6.44. The summed E-state index contributed by atoms with van der Waals surface area (Å²) in [5.41, 5.74) is 3.18. The number of unbranched alkanes of at least 4 members (excludes halogenated alkanes) is 2. The number of amides is 2. The molecule has 6 heteroatoms. The Bertz CT molecular complexity index is 1050. The third-order valence-electron chi connectivity index (χ3n) is 6.37. The van der Waals surface area contributed by atoms with Crippen molar-refractivity contribution in [2.75, 3.05) is 19.6 Å². The van der Waals surface area contributed by atoms with Crippen LogP contribution in [0.5, 0.6) is 0 Å². The first kappa shape index (κ1) is 23.0. The van der Waals surface area contributed by atoms with E-state index < -0.39 is 0 Å². The number of likely N-dealkylation sites (tertiary alicyclic amines) is 1. The first-order chi connectivity index (χ1) is 16.2. The molecule has 1 saturated heterocycles. The van der Waals surface area contributed by atoms with Gasteiger partial charge in [0, 0.05) is 32.5 Å². The molecule has 2 amide bonds. The van der Waals surface area contributed by atoms with E-state index in [4.69, 9.17) is 4.98 Å². The molecular formula is C27H34N4O2. The van der Waals surface area contributed by atoms with E-state index in [1.165, 1.54) is 5.56 Å². The van der Waals surface area contributed by atoms with Gasteiger partial charge in [-0.15, -0.1) is 0 Å². The number of nitrogens with zero attached hydrogens (tertiary/aromatic N) is 3. The second-order valence-electron chi connectivity index (χ2n) is 8.84. The number of aromatic nitrogens is 2. The number of benzene rings is 2. The van der Waals surface area contributed by atoms with E-state index in [1.54, 1.807) is 0 Å². The van der Waals surface area contributed by atoms with E-state index in [0.717, 1.165) is 74.9 Å². The number of aryl methyl sites for hydroxylation is 2. The first-order valence-electron chi connectivity index (χ1n) is 12.2. The van der Waals surface area contributed by atoms with Crippen molar-refractivity contribution in [1.29, 1.82) is 0 Å². The van der Waals surface area contributed by atoms with Gasteiger partial charge in [0.25, 0.3) is 0 Å². The Labute approximate surface area is 196 Å². The van der Waals surface area contributed by atoms with Crippen LogP contribution in [0.2, 0.25) is 0 Å². The van der Waals surface area contributed by atoms with Crippen LogP contribution in [0.25, 0.3) is 11.0 Å². The number of carbonyl (C=O) groups excluding carboxylic acids is 2. The van der Waals surface area contributed by atoms with Crippen molar-refractivity contribution in [3.05, 3.63) is 66.0 Å². The highest BCUT2D eigenvalue weighted by atomic mass is 16.2. The molecule has 0 unspecified atom stereocenters. The molecule has 0 radical (unpaired) electrons. The fourth-order valence-electron chi connectivity index (χ4n) is 4.50. The number of carbonyl (C=O) groups is 2. The summed E-state index contributed by atoms with van der Waals surface area (Å²) >= 11 is 0. The summed E-state index contributed by atoms with van der Waals surface area (Å²) in [7, 11) is 0. The van der Waals surface area contributed by atoms with Crippen LogP contribution in [0.3, 0.4) is 0 Å². The van der Waals surface area contributed by atoms with Crippen LogP contribution in [0.1, 0.15) is 49.9 Å². The molecule has 0 saturated carbocycles. The number of rotatable bonds is 11. The van der Waals surface area contributed by atoms with E-state index in [0.29, 0.717) is 19.5 Å². The van der Waals surface area contributed by atoms with Gasteiger partial charge < -0.3 is 14.8 Å². The van der Waals surface area contributed by atoms with Crippen molar-refractivity contribution in [1.82, 2.24) is 19.8 Å². The molecular weight excluding hydrogens is 412 g/mol. The van der Waals surface area contributed by atoms with Crippen molar-refractivity contribution in [2.45, 2.75) is 57.9 Å². The van der Waals surface area contributed by atoms with Gasteiger partial charge in [0.1, 0.15) is 12.4 Å². The Hall–Kier alpha value is -3.15. The summed E-state index contributed by atoms with van der Waals surface area (Å²) in [6.07, 6.45) is 7.30. The molecule has 0 spiro atoms. The van der Waals surface area contributed by atoms with E-state index in [9.17, 15) is 9.59 Å². The van der Waals surface area contributed by atoms with Crippen molar-refractivity contribution >= 4 is 22.8 Å². The van der Waals surface area contributed by atoms with Gasteiger partial charge in [-0.1, -0.05) is 48.9 Å². The number of hydrogen-bond donors (Lipinski definition) is 1. The minimum Gasteiger partial charge on any atom is -0.356 e. The zero-order valence-electron chi connectivity index (χ0n) is 19.3. The van der Waals surface area contributed by atoms with Gasteiger partial charge >= 0.3 is 0 Å². The minimum absolute atomic E-state index is 0.112. The van der Waals surface area contributed by atoms with Gasteiger partial charge in [-0.3, -0.25) is 9.59 Å². The Kier molecular flexibility index (Phi) is 8.12. The number of fused-ring (bicyclic) bond motifs is 1. The molecule has 4 rings (SSSR count). The number of para-hydroxylation sites is 2. The molecule has 2 aromatic carbocycles. The molecule has 0 atom stereocenters. The maximum Gasteiger partial charge on any atom is 0.242 e. The Morgan fingerprint density at radius 1 is 0.879 bits per heavy atom. The molecule has 3 aromatic rings. The largest absolute Gasteiger partial charge is 0.356 e. The van der Waals surface area contributed by atoms with E-state index >= 15 is 0 Å². The molecule has 33 heavy (non-hydrogen) atoms. The molecule has 6 nitrogen and oxygen atoms in total. The molecule has 1 aliphatic rings. The van der Waals surface area contributed by atoms with E-state index in [-0.39, 0.29) is 11.8 Å². The summed E-state index contributed by atoms with van der Waals surface area (Å²) < 4.78 is 2.10. The van der Waals surface area contributed by atoms with Crippen LogP contribution >= 0.6 is 0 Å². The summed E-state index contributed by atoms with van der Waals surface area (Å²) in [5, 5.41) is 3.03. The summed E-state index contributed by atoms with van der Waals surface area (Å²) in [5.74, 6) is 1.28. The molecule has 1 N–H and O–H groups in total. The quantitative estimate of drug-likeness (QED) is 0.451. The molecule has 1 aliphatic heterocycles. The lowest BCUT2D eigenvalue weighted by atomic mass is 10.1. The molecule has 0 aliphatic carbocycles. The molecule has 0 bridgehead atoms. The second kappa shape index (κ2) is 11.6. The van der Waals surface area contributed by atoms with Gasteiger partial charge in [0.15, 0.2) is 0 Å². The lowest BCUT2D eigenvalue weighted by Gasteiger charge is -2.17. The van der Waals surface area contributed by atoms with Gasteiger partial charge in [-0.25, -0.2) is 4.98 Å². The zero-order chi connectivity index (χ0) is 22.9. The zero-order valence-corrected chi connectivity index (χ0v) is 19.3. The fraction of sp³-hybridized carbons (Fsp3) is 0.444. The molecule has 1 aromatic heterocycles. The number of imidazole rings is 1. The van der Waals surface area contributed by atoms with Crippen LogP contribution in [0, 0.1) is 0 Å². The van der Waals surface area contributed by atoms with E-state index in [1.807, 2.05) is 47.4 Å². The van der Waals surface area contributed by atoms with Crippen molar-refractivity contribution in [3.8, 4) is 0 Å². The minimum atomic E-state index is 0.112. The summed E-state index contributed by atoms with van der Waals surface area (Å²) in [6.45, 7) is 2.82. The van der Waals surface area contributed by atoms with Crippen molar-refractivity contribution < 1.29 is 9.59 Å². The lowest BCUT2D eigenvalue weighted by molar-refractivity contribution is -0.130. The lowest BCUT2D eigenvalue weighted by Crippen LogP contribution is -2.31. The Balaban J connectivity index is 1.22. The van der Waals surface area contributed by atoms with Gasteiger partial charge in [-0.2, -0.15) is 0 Å². The highest BCUT2D eigenvalue weighted by Crippen LogP contribution is 2.19. The van der Waals surface area contributed by atoms with Crippen LogP contribution in [0.4, 0.5) is 0 Å². The van der Waals surface area contributed by atoms with Gasteiger partial charge in [0.2, 0.25) is 11.8 Å². The number of hydrogen-bond acceptors (Lipinski definition) is 3. The first-order valence-corrected chi connectivity index (χ1v) is 12.2. The fourth-order valence-corrected chi connectivity index (χ4v) is 4.50. The smallest absolute Gasteiger partial charge is 0.242 e. The highest BCUT2D eigenvalue weighted by Gasteiger charge is 2.20. The topological polar surface area (TPSA) is 67.2 Å². The predicted molar refractivity (Wildman–Crippen MR) is 131 cm³/mol. The van der Waals surface area contributed by atoms with Gasteiger partial charge in [-0.05, 0) is 49.8 Å². The Morgan fingerprint density at radius 2 is 1.64 bits per heavy atom. The van der Waals surface area contributed by atoms with Crippen LogP contribution < -0.4 is 5.32 Å². The third-order valence-corrected chi connectivity index (χ3v) is 6.37. The second-order valence-corrected chi connectivity index (χ2v) is 8.84. The predicted octanol–water partition coefficient (Wildman–Crippen LogP) is 4.12. The maximum atomic E-state index is 12.8. The van der Waals surface area contributed by atoms with E-state index in [2.05, 4.69) is 22.0 Å². The molecule has 174 valence electrons.